The van der Waals surface area contributed by atoms with Gasteiger partial charge in [-0.25, -0.2) is 14.8 Å². The third-order valence-electron chi connectivity index (χ3n) is 4.38. The molecule has 1 atom stereocenters. The van der Waals surface area contributed by atoms with Crippen LogP contribution in [0.2, 0.25) is 0 Å². The molecule has 1 saturated heterocycles. The van der Waals surface area contributed by atoms with Gasteiger partial charge in [-0.3, -0.25) is 9.13 Å². The van der Waals surface area contributed by atoms with Crippen LogP contribution in [0.15, 0.2) is 41.6 Å². The van der Waals surface area contributed by atoms with E-state index in [0.717, 1.165) is 17.5 Å². The fraction of sp³-hybridized carbons (Fsp3) is 0.250. The summed E-state index contributed by atoms with van der Waals surface area (Å²) < 4.78 is 8.91. The van der Waals surface area contributed by atoms with Gasteiger partial charge in [-0.1, -0.05) is 12.1 Å². The number of nitrogens with zero attached hydrogens (tertiary/aromatic N) is 5. The molecule has 1 aliphatic heterocycles. The first-order valence-electron chi connectivity index (χ1n) is 7.79. The number of fused-ring (bicyclic) bond motifs is 2. The number of nitrogens with one attached hydrogen (secondary N) is 1. The van der Waals surface area contributed by atoms with Gasteiger partial charge in [0.1, 0.15) is 11.8 Å². The van der Waals surface area contributed by atoms with Gasteiger partial charge >= 0.3 is 5.69 Å². The Bertz CT molecular complexity index is 1100. The summed E-state index contributed by atoms with van der Waals surface area (Å²) in [6.45, 7) is 1.19. The third-order valence-corrected chi connectivity index (χ3v) is 4.38. The van der Waals surface area contributed by atoms with Crippen molar-refractivity contribution in [1.29, 1.82) is 0 Å². The minimum atomic E-state index is -0.178. The van der Waals surface area contributed by atoms with Gasteiger partial charge in [-0.2, -0.15) is 4.98 Å². The molecular formula is C16H14N6O2. The normalized spacial score (nSPS) is 17.9. The maximum absolute atomic E-state index is 12.3. The second-order valence-corrected chi connectivity index (χ2v) is 5.83. The van der Waals surface area contributed by atoms with E-state index in [2.05, 4.69) is 19.9 Å². The highest BCUT2D eigenvalue weighted by Crippen LogP contribution is 2.22. The van der Waals surface area contributed by atoms with Crippen LogP contribution in [0, 0.1) is 0 Å². The summed E-state index contributed by atoms with van der Waals surface area (Å²) in [7, 11) is 0. The predicted octanol–water partition coefficient (Wildman–Crippen LogP) is 1.42. The van der Waals surface area contributed by atoms with Crippen molar-refractivity contribution in [2.75, 3.05) is 13.2 Å². The highest BCUT2D eigenvalue weighted by atomic mass is 16.5. The van der Waals surface area contributed by atoms with Gasteiger partial charge in [0.15, 0.2) is 5.65 Å². The molecule has 1 N–H and O–H groups in total. The molecule has 1 fully saturated rings. The van der Waals surface area contributed by atoms with Gasteiger partial charge in [0, 0.05) is 6.61 Å². The first kappa shape index (κ1) is 13.4. The second-order valence-electron chi connectivity index (χ2n) is 5.83. The fourth-order valence-corrected chi connectivity index (χ4v) is 3.21. The Balaban J connectivity index is 1.73. The second kappa shape index (κ2) is 5.00. The topological polar surface area (TPSA) is 90.6 Å². The number of imidazole rings is 2. The van der Waals surface area contributed by atoms with Crippen LogP contribution < -0.4 is 5.69 Å². The summed E-state index contributed by atoms with van der Waals surface area (Å²) >= 11 is 0. The molecule has 0 amide bonds. The van der Waals surface area contributed by atoms with Crippen molar-refractivity contribution in [3.05, 3.63) is 47.3 Å². The van der Waals surface area contributed by atoms with Gasteiger partial charge in [0.2, 0.25) is 5.95 Å². The van der Waals surface area contributed by atoms with E-state index in [1.807, 2.05) is 28.8 Å². The Labute approximate surface area is 135 Å². The standard InChI is InChI=1S/C16H14N6O2/c23-16-19-12-7-17-15(20-14(12)22(16)10-5-6-24-8-10)21-9-18-11-3-1-2-4-13(11)21/h1-4,7,9-10H,5-6,8H2,(H,19,23). The summed E-state index contributed by atoms with van der Waals surface area (Å²) in [4.78, 5) is 28.5. The number of benzene rings is 1. The average molecular weight is 322 g/mol. The monoisotopic (exact) mass is 322 g/mol. The lowest BCUT2D eigenvalue weighted by Crippen LogP contribution is -2.22. The zero-order valence-electron chi connectivity index (χ0n) is 12.7. The largest absolute Gasteiger partial charge is 0.379 e. The Morgan fingerprint density at radius 1 is 1.25 bits per heavy atom. The number of hydrogen-bond acceptors (Lipinski definition) is 5. The van der Waals surface area contributed by atoms with Crippen LogP contribution in [0.25, 0.3) is 28.1 Å². The molecule has 1 aromatic carbocycles. The van der Waals surface area contributed by atoms with E-state index in [-0.39, 0.29) is 11.7 Å². The summed E-state index contributed by atoms with van der Waals surface area (Å²) in [6.07, 6.45) is 4.14. The van der Waals surface area contributed by atoms with Crippen molar-refractivity contribution in [1.82, 2.24) is 29.1 Å². The number of aromatic nitrogens is 6. The summed E-state index contributed by atoms with van der Waals surface area (Å²) in [5.41, 5.74) is 2.84. The Hall–Kier alpha value is -3.00. The minimum Gasteiger partial charge on any atom is -0.379 e. The molecule has 0 bridgehead atoms. The van der Waals surface area contributed by atoms with Crippen LogP contribution in [0.5, 0.6) is 0 Å². The van der Waals surface area contributed by atoms with E-state index < -0.39 is 0 Å². The number of ether oxygens (including phenoxy) is 1. The first-order chi connectivity index (χ1) is 11.8. The molecule has 0 radical (unpaired) electrons. The van der Waals surface area contributed by atoms with Crippen molar-refractivity contribution >= 4 is 22.2 Å². The maximum Gasteiger partial charge on any atom is 0.328 e. The first-order valence-corrected chi connectivity index (χ1v) is 7.79. The number of H-pyrrole nitrogens is 1. The van der Waals surface area contributed by atoms with Crippen LogP contribution in [-0.4, -0.2) is 42.3 Å². The molecule has 5 rings (SSSR count). The van der Waals surface area contributed by atoms with Crippen LogP contribution in [0.3, 0.4) is 0 Å². The van der Waals surface area contributed by atoms with E-state index in [1.165, 1.54) is 0 Å². The molecule has 1 aliphatic rings. The quantitative estimate of drug-likeness (QED) is 0.603. The third kappa shape index (κ3) is 1.89. The summed E-state index contributed by atoms with van der Waals surface area (Å²) in [5.74, 6) is 0.489. The van der Waals surface area contributed by atoms with Crippen molar-refractivity contribution in [3.8, 4) is 5.95 Å². The lowest BCUT2D eigenvalue weighted by atomic mass is 10.2. The molecule has 4 aromatic rings. The molecule has 8 nitrogen and oxygen atoms in total. The molecule has 8 heteroatoms. The zero-order valence-corrected chi connectivity index (χ0v) is 12.7. The van der Waals surface area contributed by atoms with E-state index in [4.69, 9.17) is 4.74 Å². The molecule has 0 saturated carbocycles. The SMILES string of the molecule is O=c1[nH]c2cnc(-n3cnc4ccccc43)nc2n1C1CCOC1. The Morgan fingerprint density at radius 3 is 3.04 bits per heavy atom. The molecule has 4 heterocycles. The lowest BCUT2D eigenvalue weighted by molar-refractivity contribution is 0.186. The van der Waals surface area contributed by atoms with Crippen LogP contribution in [0.4, 0.5) is 0 Å². The van der Waals surface area contributed by atoms with E-state index in [1.54, 1.807) is 17.1 Å². The minimum absolute atomic E-state index is 0.00790. The zero-order chi connectivity index (χ0) is 16.1. The van der Waals surface area contributed by atoms with E-state index >= 15 is 0 Å². The van der Waals surface area contributed by atoms with Crippen LogP contribution in [0.1, 0.15) is 12.5 Å². The highest BCUT2D eigenvalue weighted by Gasteiger charge is 2.23. The molecule has 3 aromatic heterocycles. The van der Waals surface area contributed by atoms with Gasteiger partial charge in [0.25, 0.3) is 0 Å². The van der Waals surface area contributed by atoms with Crippen LogP contribution >= 0.6 is 0 Å². The van der Waals surface area contributed by atoms with Crippen molar-refractivity contribution < 1.29 is 4.74 Å². The number of rotatable bonds is 2. The summed E-state index contributed by atoms with van der Waals surface area (Å²) in [5, 5.41) is 0. The van der Waals surface area contributed by atoms with Gasteiger partial charge in [0.05, 0.1) is 29.9 Å². The number of hydrogen-bond donors (Lipinski definition) is 1. The molecule has 0 aliphatic carbocycles. The molecule has 24 heavy (non-hydrogen) atoms. The number of para-hydroxylation sites is 2. The predicted molar refractivity (Wildman–Crippen MR) is 87.2 cm³/mol. The Kier molecular flexibility index (Phi) is 2.80. The molecule has 120 valence electrons. The highest BCUT2D eigenvalue weighted by molar-refractivity contribution is 5.77. The number of aromatic amines is 1. The molecular weight excluding hydrogens is 308 g/mol. The fourth-order valence-electron chi connectivity index (χ4n) is 3.21. The smallest absolute Gasteiger partial charge is 0.328 e. The van der Waals surface area contributed by atoms with E-state index in [0.29, 0.717) is 30.3 Å². The maximum atomic E-state index is 12.3. The van der Waals surface area contributed by atoms with E-state index in [9.17, 15) is 4.79 Å². The summed E-state index contributed by atoms with van der Waals surface area (Å²) in [6, 6.07) is 7.79. The van der Waals surface area contributed by atoms with Gasteiger partial charge in [-0.15, -0.1) is 0 Å². The lowest BCUT2D eigenvalue weighted by Gasteiger charge is -2.09. The molecule has 1 unspecified atom stereocenters. The Morgan fingerprint density at radius 2 is 2.17 bits per heavy atom. The average Bonchev–Trinajstić information content (AvgIpc) is 3.31. The van der Waals surface area contributed by atoms with Gasteiger partial charge < -0.3 is 9.72 Å². The molecule has 0 spiro atoms. The van der Waals surface area contributed by atoms with Crippen molar-refractivity contribution in [3.63, 3.8) is 0 Å². The van der Waals surface area contributed by atoms with Gasteiger partial charge in [-0.05, 0) is 18.6 Å². The van der Waals surface area contributed by atoms with Crippen molar-refractivity contribution in [2.24, 2.45) is 0 Å². The van der Waals surface area contributed by atoms with Crippen LogP contribution in [-0.2, 0) is 4.74 Å². The van der Waals surface area contributed by atoms with Crippen molar-refractivity contribution in [2.45, 2.75) is 12.5 Å².